The van der Waals surface area contributed by atoms with Gasteiger partial charge >= 0.3 is 51.4 Å². The number of sulfonamides is 1. The van der Waals surface area contributed by atoms with Crippen molar-refractivity contribution in [2.24, 2.45) is 0 Å². The summed E-state index contributed by atoms with van der Waals surface area (Å²) in [5, 5.41) is 0. The monoisotopic (exact) mass is 225 g/mol. The number of aryl methyl sites for hydroxylation is 1. The SMILES string of the molecule is CNS(=O)(=O)c1ccc(C)cc1.[KH]. The topological polar surface area (TPSA) is 46.2 Å². The summed E-state index contributed by atoms with van der Waals surface area (Å²) in [6, 6.07) is 6.71. The second kappa shape index (κ2) is 5.60. The molecule has 0 atom stereocenters. The van der Waals surface area contributed by atoms with Gasteiger partial charge in [0.25, 0.3) is 0 Å². The molecule has 0 saturated heterocycles. The van der Waals surface area contributed by atoms with Crippen molar-refractivity contribution in [2.75, 3.05) is 7.05 Å². The van der Waals surface area contributed by atoms with E-state index in [4.69, 9.17) is 0 Å². The summed E-state index contributed by atoms with van der Waals surface area (Å²) in [4.78, 5) is 0.301. The van der Waals surface area contributed by atoms with Crippen LogP contribution in [0.4, 0.5) is 0 Å². The average Bonchev–Trinajstić information content (AvgIpc) is 2.05. The summed E-state index contributed by atoms with van der Waals surface area (Å²) in [6.07, 6.45) is 0. The van der Waals surface area contributed by atoms with Crippen molar-refractivity contribution >= 4 is 61.4 Å². The van der Waals surface area contributed by atoms with Gasteiger partial charge in [-0.25, -0.2) is 13.1 Å². The average molecular weight is 225 g/mol. The van der Waals surface area contributed by atoms with E-state index in [1.54, 1.807) is 24.3 Å². The summed E-state index contributed by atoms with van der Waals surface area (Å²) in [6.45, 7) is 1.91. The Morgan fingerprint density at radius 1 is 1.15 bits per heavy atom. The van der Waals surface area contributed by atoms with Gasteiger partial charge in [0.2, 0.25) is 10.0 Å². The van der Waals surface area contributed by atoms with E-state index in [2.05, 4.69) is 4.72 Å². The summed E-state index contributed by atoms with van der Waals surface area (Å²) < 4.78 is 24.7. The Hall–Kier alpha value is 0.766. The van der Waals surface area contributed by atoms with Crippen LogP contribution in [0.3, 0.4) is 0 Å². The Kier molecular flexibility index (Phi) is 5.93. The van der Waals surface area contributed by atoms with Gasteiger partial charge < -0.3 is 0 Å². The van der Waals surface area contributed by atoms with Crippen molar-refractivity contribution < 1.29 is 8.42 Å². The van der Waals surface area contributed by atoms with Gasteiger partial charge in [-0.05, 0) is 26.1 Å². The van der Waals surface area contributed by atoms with Crippen LogP contribution in [0.2, 0.25) is 0 Å². The van der Waals surface area contributed by atoms with Crippen LogP contribution in [0, 0.1) is 6.92 Å². The van der Waals surface area contributed by atoms with Crippen molar-refractivity contribution in [2.45, 2.75) is 11.8 Å². The first kappa shape index (κ1) is 13.8. The molecule has 1 rings (SSSR count). The quantitative estimate of drug-likeness (QED) is 0.734. The molecule has 68 valence electrons. The molecule has 0 radical (unpaired) electrons. The predicted molar refractivity (Wildman–Crippen MR) is 54.6 cm³/mol. The molecule has 0 aromatic heterocycles. The van der Waals surface area contributed by atoms with Gasteiger partial charge in [0.1, 0.15) is 0 Å². The number of hydrogen-bond acceptors (Lipinski definition) is 2. The molecule has 0 spiro atoms. The number of hydrogen-bond donors (Lipinski definition) is 1. The van der Waals surface area contributed by atoms with Gasteiger partial charge in [-0.2, -0.15) is 0 Å². The molecule has 13 heavy (non-hydrogen) atoms. The molecular weight excluding hydrogens is 213 g/mol. The van der Waals surface area contributed by atoms with E-state index >= 15 is 0 Å². The van der Waals surface area contributed by atoms with Crippen molar-refractivity contribution in [3.8, 4) is 0 Å². The van der Waals surface area contributed by atoms with Gasteiger partial charge in [0.15, 0.2) is 0 Å². The molecule has 0 saturated carbocycles. The minimum atomic E-state index is -3.26. The van der Waals surface area contributed by atoms with Crippen LogP contribution in [0.5, 0.6) is 0 Å². The van der Waals surface area contributed by atoms with E-state index in [9.17, 15) is 8.42 Å². The molecule has 0 aliphatic rings. The van der Waals surface area contributed by atoms with Crippen LogP contribution in [-0.4, -0.2) is 66.9 Å². The van der Waals surface area contributed by atoms with Gasteiger partial charge in [-0.1, -0.05) is 17.7 Å². The Morgan fingerprint density at radius 3 is 2.00 bits per heavy atom. The van der Waals surface area contributed by atoms with Crippen LogP contribution in [0.25, 0.3) is 0 Å². The first-order valence-corrected chi connectivity index (χ1v) is 5.05. The van der Waals surface area contributed by atoms with Gasteiger partial charge in [-0.15, -0.1) is 0 Å². The zero-order valence-electron chi connectivity index (χ0n) is 7.03. The van der Waals surface area contributed by atoms with Crippen molar-refractivity contribution in [1.82, 2.24) is 4.72 Å². The maximum absolute atomic E-state index is 11.2. The van der Waals surface area contributed by atoms with Crippen LogP contribution < -0.4 is 4.72 Å². The van der Waals surface area contributed by atoms with Gasteiger partial charge in [0, 0.05) is 0 Å². The van der Waals surface area contributed by atoms with E-state index in [1.165, 1.54) is 7.05 Å². The fraction of sp³-hybridized carbons (Fsp3) is 0.250. The van der Waals surface area contributed by atoms with Crippen LogP contribution >= 0.6 is 0 Å². The molecule has 0 aliphatic carbocycles. The molecule has 3 nitrogen and oxygen atoms in total. The summed E-state index contributed by atoms with van der Waals surface area (Å²) in [5.74, 6) is 0. The van der Waals surface area contributed by atoms with Crippen LogP contribution in [0.15, 0.2) is 29.2 Å². The molecule has 1 N–H and O–H groups in total. The summed E-state index contributed by atoms with van der Waals surface area (Å²) >= 11 is 0. The predicted octanol–water partition coefficient (Wildman–Crippen LogP) is 0.255. The summed E-state index contributed by atoms with van der Waals surface area (Å²) in [7, 11) is -1.87. The Morgan fingerprint density at radius 2 is 1.62 bits per heavy atom. The van der Waals surface area contributed by atoms with Gasteiger partial charge in [0.05, 0.1) is 4.90 Å². The zero-order chi connectivity index (χ0) is 9.19. The third-order valence-electron chi connectivity index (χ3n) is 1.60. The number of benzene rings is 1. The Labute approximate surface area is 121 Å². The zero-order valence-corrected chi connectivity index (χ0v) is 7.85. The normalized spacial score (nSPS) is 10.6. The molecule has 0 amide bonds. The molecule has 0 aliphatic heterocycles. The second-order valence-corrected chi connectivity index (χ2v) is 4.41. The Balaban J connectivity index is 0.00000144. The molecule has 0 heterocycles. The standard InChI is InChI=1S/C8H11NO2S.K.H/c1-7-3-5-8(6-4-7)12(10,11)9-2;;/h3-6,9H,1-2H3;;. The fourth-order valence-electron chi connectivity index (χ4n) is 0.835. The van der Waals surface area contributed by atoms with Crippen molar-refractivity contribution in [1.29, 1.82) is 0 Å². The number of rotatable bonds is 2. The van der Waals surface area contributed by atoms with Crippen molar-refractivity contribution in [3.05, 3.63) is 29.8 Å². The summed E-state index contributed by atoms with van der Waals surface area (Å²) in [5.41, 5.74) is 1.05. The van der Waals surface area contributed by atoms with Crippen LogP contribution in [0.1, 0.15) is 5.56 Å². The van der Waals surface area contributed by atoms with E-state index < -0.39 is 10.0 Å². The first-order valence-electron chi connectivity index (χ1n) is 3.56. The molecule has 0 unspecified atom stereocenters. The molecule has 1 aromatic rings. The minimum absolute atomic E-state index is 0. The third-order valence-corrected chi connectivity index (χ3v) is 3.03. The maximum atomic E-state index is 11.2. The second-order valence-electron chi connectivity index (χ2n) is 2.52. The van der Waals surface area contributed by atoms with Crippen molar-refractivity contribution in [3.63, 3.8) is 0 Å². The Bertz CT molecular complexity index is 358. The van der Waals surface area contributed by atoms with E-state index in [0.717, 1.165) is 5.56 Å². The first-order chi connectivity index (χ1) is 5.56. The van der Waals surface area contributed by atoms with E-state index in [0.29, 0.717) is 4.90 Å². The fourth-order valence-corrected chi connectivity index (χ4v) is 1.57. The molecular formula is C8H12KNO2S. The molecule has 1 aromatic carbocycles. The van der Waals surface area contributed by atoms with E-state index in [1.807, 2.05) is 6.92 Å². The third kappa shape index (κ3) is 3.79. The molecule has 5 heteroatoms. The van der Waals surface area contributed by atoms with Crippen LogP contribution in [-0.2, 0) is 10.0 Å². The van der Waals surface area contributed by atoms with E-state index in [-0.39, 0.29) is 51.4 Å². The number of nitrogens with one attached hydrogen (secondary N) is 1. The molecule has 0 bridgehead atoms. The van der Waals surface area contributed by atoms with Gasteiger partial charge in [-0.3, -0.25) is 0 Å². The molecule has 0 fully saturated rings.